The van der Waals surface area contributed by atoms with E-state index in [4.69, 9.17) is 0 Å². The molecule has 1 aliphatic rings. The van der Waals surface area contributed by atoms with E-state index < -0.39 is 0 Å². The van der Waals surface area contributed by atoms with E-state index in [-0.39, 0.29) is 0 Å². The molecule has 0 saturated heterocycles. The van der Waals surface area contributed by atoms with Crippen molar-refractivity contribution >= 4 is 0 Å². The van der Waals surface area contributed by atoms with E-state index in [9.17, 15) is 0 Å². The summed E-state index contributed by atoms with van der Waals surface area (Å²) in [6, 6.07) is 0. The zero-order valence-electron chi connectivity index (χ0n) is 6.97. The Balaban J connectivity index is 2.13. The Morgan fingerprint density at radius 1 is 1.50 bits per heavy atom. The first-order valence-electron chi connectivity index (χ1n) is 4.60. The van der Waals surface area contributed by atoms with Gasteiger partial charge in [-0.1, -0.05) is 31.9 Å². The van der Waals surface area contributed by atoms with Crippen molar-refractivity contribution in [3.05, 3.63) is 12.2 Å². The van der Waals surface area contributed by atoms with Crippen LogP contribution in [0.25, 0.3) is 0 Å². The van der Waals surface area contributed by atoms with E-state index in [2.05, 4.69) is 19.1 Å². The molecule has 0 fully saturated rings. The molecule has 0 spiro atoms. The summed E-state index contributed by atoms with van der Waals surface area (Å²) in [4.78, 5) is 0. The predicted octanol–water partition coefficient (Wildman–Crippen LogP) is 3.53. The van der Waals surface area contributed by atoms with Gasteiger partial charge in [-0.05, 0) is 31.6 Å². The summed E-state index contributed by atoms with van der Waals surface area (Å²) < 4.78 is 0. The van der Waals surface area contributed by atoms with Gasteiger partial charge in [0.25, 0.3) is 0 Å². The van der Waals surface area contributed by atoms with Gasteiger partial charge in [0.05, 0.1) is 0 Å². The SMILES string of the molecule is CCCC[C@@H]1C=CCCC1. The normalized spacial score (nSPS) is 25.1. The maximum Gasteiger partial charge on any atom is -0.0233 e. The van der Waals surface area contributed by atoms with Gasteiger partial charge in [-0.2, -0.15) is 0 Å². The molecule has 0 aliphatic heterocycles. The van der Waals surface area contributed by atoms with E-state index in [1.807, 2.05) is 0 Å². The Hall–Kier alpha value is -0.260. The Morgan fingerprint density at radius 2 is 2.40 bits per heavy atom. The molecule has 1 aliphatic carbocycles. The molecular weight excluding hydrogens is 120 g/mol. The lowest BCUT2D eigenvalue weighted by Gasteiger charge is -2.14. The fourth-order valence-corrected chi connectivity index (χ4v) is 1.59. The molecule has 58 valence electrons. The summed E-state index contributed by atoms with van der Waals surface area (Å²) in [6.07, 6.45) is 13.1. The van der Waals surface area contributed by atoms with Gasteiger partial charge in [-0.15, -0.1) is 0 Å². The molecule has 0 bridgehead atoms. The average molecular weight is 138 g/mol. The van der Waals surface area contributed by atoms with Crippen LogP contribution in [0.4, 0.5) is 0 Å². The lowest BCUT2D eigenvalue weighted by atomic mass is 9.91. The molecule has 0 aromatic carbocycles. The van der Waals surface area contributed by atoms with Crippen molar-refractivity contribution in [1.29, 1.82) is 0 Å². The maximum atomic E-state index is 2.42. The van der Waals surface area contributed by atoms with Gasteiger partial charge in [0.1, 0.15) is 0 Å². The largest absolute Gasteiger partial charge is 0.0883 e. The minimum absolute atomic E-state index is 0.925. The Kier molecular flexibility index (Phi) is 3.56. The molecule has 0 unspecified atom stereocenters. The minimum Gasteiger partial charge on any atom is -0.0883 e. The van der Waals surface area contributed by atoms with Crippen LogP contribution in [0.1, 0.15) is 45.4 Å². The third-order valence-corrected chi connectivity index (χ3v) is 2.28. The fraction of sp³-hybridized carbons (Fsp3) is 0.800. The number of hydrogen-bond donors (Lipinski definition) is 0. The second-order valence-corrected chi connectivity index (χ2v) is 3.26. The van der Waals surface area contributed by atoms with Crippen LogP contribution >= 0.6 is 0 Å². The van der Waals surface area contributed by atoms with Crippen molar-refractivity contribution in [3.8, 4) is 0 Å². The molecule has 0 nitrogen and oxygen atoms in total. The summed E-state index contributed by atoms with van der Waals surface area (Å²) in [5.74, 6) is 0.925. The van der Waals surface area contributed by atoms with Crippen molar-refractivity contribution in [2.24, 2.45) is 5.92 Å². The second-order valence-electron chi connectivity index (χ2n) is 3.26. The molecule has 0 heteroatoms. The van der Waals surface area contributed by atoms with Gasteiger partial charge < -0.3 is 0 Å². The van der Waals surface area contributed by atoms with Crippen molar-refractivity contribution in [2.75, 3.05) is 0 Å². The van der Waals surface area contributed by atoms with Crippen molar-refractivity contribution in [2.45, 2.75) is 45.4 Å². The van der Waals surface area contributed by atoms with Gasteiger partial charge in [0.15, 0.2) is 0 Å². The number of allylic oxidation sites excluding steroid dienone is 2. The van der Waals surface area contributed by atoms with Gasteiger partial charge in [-0.3, -0.25) is 0 Å². The van der Waals surface area contributed by atoms with Crippen LogP contribution in [0.3, 0.4) is 0 Å². The lowest BCUT2D eigenvalue weighted by molar-refractivity contribution is 0.486. The van der Waals surface area contributed by atoms with E-state index in [1.165, 1.54) is 38.5 Å². The van der Waals surface area contributed by atoms with E-state index >= 15 is 0 Å². The first kappa shape index (κ1) is 7.84. The van der Waals surface area contributed by atoms with Gasteiger partial charge in [0, 0.05) is 0 Å². The summed E-state index contributed by atoms with van der Waals surface area (Å²) in [5, 5.41) is 0. The van der Waals surface area contributed by atoms with Gasteiger partial charge >= 0.3 is 0 Å². The average Bonchev–Trinajstić information content (AvgIpc) is 2.03. The molecule has 0 aromatic heterocycles. The van der Waals surface area contributed by atoms with Crippen LogP contribution in [0, 0.1) is 5.92 Å². The lowest BCUT2D eigenvalue weighted by Crippen LogP contribution is -1.99. The first-order chi connectivity index (χ1) is 4.93. The topological polar surface area (TPSA) is 0 Å². The monoisotopic (exact) mass is 138 g/mol. The molecule has 0 radical (unpaired) electrons. The Labute approximate surface area is 64.3 Å². The molecule has 0 saturated carbocycles. The summed E-state index contributed by atoms with van der Waals surface area (Å²) in [7, 11) is 0. The van der Waals surface area contributed by atoms with Crippen molar-refractivity contribution in [1.82, 2.24) is 0 Å². The predicted molar refractivity (Wildman–Crippen MR) is 46.0 cm³/mol. The fourth-order valence-electron chi connectivity index (χ4n) is 1.59. The molecule has 1 rings (SSSR count). The van der Waals surface area contributed by atoms with Crippen LogP contribution in [0.2, 0.25) is 0 Å². The highest BCUT2D eigenvalue weighted by atomic mass is 14.1. The third-order valence-electron chi connectivity index (χ3n) is 2.28. The van der Waals surface area contributed by atoms with Crippen molar-refractivity contribution in [3.63, 3.8) is 0 Å². The van der Waals surface area contributed by atoms with E-state index in [0.29, 0.717) is 0 Å². The van der Waals surface area contributed by atoms with Crippen LogP contribution in [-0.4, -0.2) is 0 Å². The molecule has 0 aromatic rings. The quantitative estimate of drug-likeness (QED) is 0.523. The molecule has 10 heavy (non-hydrogen) atoms. The molecular formula is C10H18. The van der Waals surface area contributed by atoms with E-state index in [0.717, 1.165) is 5.92 Å². The minimum atomic E-state index is 0.925. The van der Waals surface area contributed by atoms with Gasteiger partial charge in [-0.25, -0.2) is 0 Å². The summed E-state index contributed by atoms with van der Waals surface area (Å²) in [6.45, 7) is 2.27. The number of rotatable bonds is 3. The Morgan fingerprint density at radius 3 is 3.00 bits per heavy atom. The zero-order valence-corrected chi connectivity index (χ0v) is 6.97. The van der Waals surface area contributed by atoms with E-state index in [1.54, 1.807) is 0 Å². The van der Waals surface area contributed by atoms with Crippen LogP contribution in [0.15, 0.2) is 12.2 Å². The smallest absolute Gasteiger partial charge is 0.0233 e. The molecule has 0 N–H and O–H groups in total. The Bertz CT molecular complexity index is 103. The van der Waals surface area contributed by atoms with Gasteiger partial charge in [0.2, 0.25) is 0 Å². The van der Waals surface area contributed by atoms with Crippen molar-refractivity contribution < 1.29 is 0 Å². The van der Waals surface area contributed by atoms with Crippen LogP contribution < -0.4 is 0 Å². The summed E-state index contributed by atoms with van der Waals surface area (Å²) in [5.41, 5.74) is 0. The molecule has 1 atom stereocenters. The first-order valence-corrected chi connectivity index (χ1v) is 4.60. The standard InChI is InChI=1S/C10H18/c1-2-3-7-10-8-5-4-6-9-10/h5,8,10H,2-4,6-7,9H2,1H3/t10-/m1/s1. The number of hydrogen-bond acceptors (Lipinski definition) is 0. The van der Waals surface area contributed by atoms with Crippen LogP contribution in [-0.2, 0) is 0 Å². The summed E-state index contributed by atoms with van der Waals surface area (Å²) >= 11 is 0. The maximum absolute atomic E-state index is 2.42. The highest BCUT2D eigenvalue weighted by Gasteiger charge is 2.06. The number of unbranched alkanes of at least 4 members (excludes halogenated alkanes) is 1. The zero-order chi connectivity index (χ0) is 7.23. The third kappa shape index (κ3) is 2.55. The molecule has 0 heterocycles. The highest BCUT2D eigenvalue weighted by Crippen LogP contribution is 2.21. The molecule has 0 amide bonds. The van der Waals surface area contributed by atoms with Crippen LogP contribution in [0.5, 0.6) is 0 Å². The second kappa shape index (κ2) is 4.54. The highest BCUT2D eigenvalue weighted by molar-refractivity contribution is 4.92.